The molecule has 3 amide bonds. The molecule has 2 aromatic rings. The Labute approximate surface area is 195 Å². The summed E-state index contributed by atoms with van der Waals surface area (Å²) < 4.78 is 0. The van der Waals surface area contributed by atoms with Crippen molar-refractivity contribution in [1.29, 1.82) is 0 Å². The molecule has 6 rings (SSSR count). The largest absolute Gasteiger partial charge is 0.363 e. The van der Waals surface area contributed by atoms with Crippen LogP contribution in [0.3, 0.4) is 0 Å². The molecule has 10 heteroatoms. The van der Waals surface area contributed by atoms with E-state index in [2.05, 4.69) is 20.3 Å². The normalized spacial score (nSPS) is 24.0. The van der Waals surface area contributed by atoms with Crippen molar-refractivity contribution in [1.82, 2.24) is 19.8 Å². The molecule has 2 aliphatic heterocycles. The Morgan fingerprint density at radius 3 is 2.56 bits per heavy atom. The number of hydrogen-bond acceptors (Lipinski definition) is 8. The van der Waals surface area contributed by atoms with E-state index in [-0.39, 0.29) is 36.3 Å². The fourth-order valence-corrected chi connectivity index (χ4v) is 4.48. The number of fused-ring (bicyclic) bond motifs is 1. The third-order valence-corrected chi connectivity index (χ3v) is 6.55. The van der Waals surface area contributed by atoms with Crippen LogP contribution in [-0.2, 0) is 4.79 Å². The molecule has 0 radical (unpaired) electrons. The monoisotopic (exact) mass is 457 g/mol. The topological polar surface area (TPSA) is 120 Å². The molecule has 0 aromatic carbocycles. The molecule has 2 saturated carbocycles. The number of carbonyl (C=O) groups is 3. The number of nitrogens with zero attached hydrogens (tertiary/aromatic N) is 6. The molecular weight excluding hydrogens is 434 g/mol. The molecule has 2 aliphatic carbocycles. The van der Waals surface area contributed by atoms with Crippen molar-refractivity contribution < 1.29 is 14.4 Å². The number of imide groups is 1. The Kier molecular flexibility index (Phi) is 4.58. The Bertz CT molecular complexity index is 1250. The van der Waals surface area contributed by atoms with Gasteiger partial charge < -0.3 is 5.32 Å². The number of ketones is 1. The van der Waals surface area contributed by atoms with Crippen LogP contribution in [-0.4, -0.2) is 73.3 Å². The minimum Gasteiger partial charge on any atom is -0.363 e. The van der Waals surface area contributed by atoms with Gasteiger partial charge in [0.1, 0.15) is 5.82 Å². The summed E-state index contributed by atoms with van der Waals surface area (Å²) in [6.07, 6.45) is 8.25. The molecule has 4 heterocycles. The smallest absolute Gasteiger partial charge is 0.329 e. The Balaban J connectivity index is 1.23. The summed E-state index contributed by atoms with van der Waals surface area (Å²) in [7, 11) is 0. The number of hydrogen-bond donors (Lipinski definition) is 1. The number of carbonyl (C=O) groups excluding carboxylic acids is 3. The van der Waals surface area contributed by atoms with Crippen molar-refractivity contribution in [2.45, 2.75) is 50.4 Å². The molecule has 0 bridgehead atoms. The van der Waals surface area contributed by atoms with Crippen LogP contribution in [0.1, 0.15) is 48.5 Å². The molecule has 1 unspecified atom stereocenters. The number of urea groups is 1. The van der Waals surface area contributed by atoms with Gasteiger partial charge in [-0.3, -0.25) is 24.4 Å². The van der Waals surface area contributed by atoms with E-state index >= 15 is 0 Å². The van der Waals surface area contributed by atoms with E-state index in [4.69, 9.17) is 4.99 Å². The second-order valence-electron chi connectivity index (χ2n) is 9.16. The lowest BCUT2D eigenvalue weighted by molar-refractivity contribution is -0.124. The zero-order valence-electron chi connectivity index (χ0n) is 18.6. The second-order valence-corrected chi connectivity index (χ2v) is 9.16. The fraction of sp³-hybridized carbons (Fsp3) is 0.375. The van der Waals surface area contributed by atoms with Crippen LogP contribution in [0.25, 0.3) is 0 Å². The molecule has 34 heavy (non-hydrogen) atoms. The molecule has 0 spiro atoms. The van der Waals surface area contributed by atoms with E-state index in [1.165, 1.54) is 11.1 Å². The third kappa shape index (κ3) is 3.37. The highest BCUT2D eigenvalue weighted by Crippen LogP contribution is 2.43. The van der Waals surface area contributed by atoms with E-state index in [1.54, 1.807) is 48.5 Å². The van der Waals surface area contributed by atoms with Gasteiger partial charge in [-0.1, -0.05) is 0 Å². The first-order valence-corrected chi connectivity index (χ1v) is 11.4. The van der Waals surface area contributed by atoms with Crippen LogP contribution in [0, 0.1) is 0 Å². The van der Waals surface area contributed by atoms with Gasteiger partial charge >= 0.3 is 6.03 Å². The van der Waals surface area contributed by atoms with Gasteiger partial charge in [0.05, 0.1) is 6.54 Å². The van der Waals surface area contributed by atoms with Crippen molar-refractivity contribution in [3.05, 3.63) is 54.0 Å². The Morgan fingerprint density at radius 1 is 1.12 bits per heavy atom. The highest BCUT2D eigenvalue weighted by molar-refractivity contribution is 6.49. The number of rotatable bonds is 7. The number of aliphatic imine (C=N–C) groups is 2. The van der Waals surface area contributed by atoms with Gasteiger partial charge in [-0.05, 0) is 56.9 Å². The molecule has 1 saturated heterocycles. The molecule has 10 nitrogen and oxygen atoms in total. The average Bonchev–Trinajstić information content (AvgIpc) is 3.78. The summed E-state index contributed by atoms with van der Waals surface area (Å²) in [5.74, 6) is 0.478. The van der Waals surface area contributed by atoms with E-state index in [0.717, 1.165) is 25.7 Å². The van der Waals surface area contributed by atoms with Crippen LogP contribution in [0.2, 0.25) is 0 Å². The van der Waals surface area contributed by atoms with Gasteiger partial charge in [-0.15, -0.1) is 0 Å². The van der Waals surface area contributed by atoms with Gasteiger partial charge in [-0.2, -0.15) is 0 Å². The third-order valence-electron chi connectivity index (χ3n) is 6.55. The van der Waals surface area contributed by atoms with E-state index in [0.29, 0.717) is 28.5 Å². The number of amidine groups is 1. The Morgan fingerprint density at radius 2 is 1.91 bits per heavy atom. The number of pyridine rings is 2. The first-order chi connectivity index (χ1) is 16.5. The van der Waals surface area contributed by atoms with Crippen molar-refractivity contribution in [2.24, 2.45) is 9.98 Å². The summed E-state index contributed by atoms with van der Waals surface area (Å²) in [5, 5.41) is 3.01. The van der Waals surface area contributed by atoms with Crippen LogP contribution in [0.4, 0.5) is 10.6 Å². The minimum atomic E-state index is -1.09. The quantitative estimate of drug-likeness (QED) is 0.637. The summed E-state index contributed by atoms with van der Waals surface area (Å²) in [4.78, 5) is 59.5. The standard InChI is InChI=1S/C24H23N7O3/c1-24-20(22(33)30(16-5-6-16)23(34)31(24)17-7-8-17)28-21(29-24)15-4-9-19(26-12-15)27-13-18(32)14-3-2-10-25-11-14/h2-4,9-12,16-17H,5-8,13H2,1H3,(H,26,27). The molecule has 4 aliphatic rings. The van der Waals surface area contributed by atoms with Gasteiger partial charge in [0.25, 0.3) is 5.91 Å². The van der Waals surface area contributed by atoms with Crippen molar-refractivity contribution in [3.8, 4) is 0 Å². The van der Waals surface area contributed by atoms with Gasteiger partial charge in [-0.25, -0.2) is 19.8 Å². The lowest BCUT2D eigenvalue weighted by atomic mass is 10.0. The summed E-state index contributed by atoms with van der Waals surface area (Å²) >= 11 is 0. The highest BCUT2D eigenvalue weighted by atomic mass is 16.2. The summed E-state index contributed by atoms with van der Waals surface area (Å²) in [5.41, 5.74) is 0.369. The Hall–Kier alpha value is -3.95. The SMILES string of the molecule is CC12N=C(c3ccc(NCC(=O)c4cccnc4)nc3)N=C1C(=O)N(C1CC1)C(=O)N2C1CC1. The molecule has 1 atom stereocenters. The number of amides is 3. The maximum Gasteiger partial charge on any atom is 0.329 e. The maximum absolute atomic E-state index is 13.2. The number of anilines is 1. The first-order valence-electron chi connectivity index (χ1n) is 11.4. The van der Waals surface area contributed by atoms with Crippen LogP contribution >= 0.6 is 0 Å². The lowest BCUT2D eigenvalue weighted by Gasteiger charge is -2.44. The number of aromatic nitrogens is 2. The zero-order valence-corrected chi connectivity index (χ0v) is 18.6. The molecule has 1 N–H and O–H groups in total. The van der Waals surface area contributed by atoms with Crippen molar-refractivity contribution >= 4 is 35.1 Å². The van der Waals surface area contributed by atoms with Gasteiger partial charge in [0, 0.05) is 41.8 Å². The zero-order chi connectivity index (χ0) is 23.4. The predicted molar refractivity (Wildman–Crippen MR) is 124 cm³/mol. The fourth-order valence-electron chi connectivity index (χ4n) is 4.48. The molecule has 172 valence electrons. The van der Waals surface area contributed by atoms with Crippen molar-refractivity contribution in [3.63, 3.8) is 0 Å². The highest BCUT2D eigenvalue weighted by Gasteiger charge is 2.60. The number of nitrogens with one attached hydrogen (secondary N) is 1. The first kappa shape index (κ1) is 20.6. The van der Waals surface area contributed by atoms with Crippen LogP contribution < -0.4 is 5.32 Å². The number of Topliss-reactive ketones (excluding diaryl/α,β-unsaturated/α-hetero) is 1. The van der Waals surface area contributed by atoms with E-state index in [1.807, 2.05) is 0 Å². The maximum atomic E-state index is 13.2. The second kappa shape index (κ2) is 7.54. The lowest BCUT2D eigenvalue weighted by Crippen LogP contribution is -2.68. The van der Waals surface area contributed by atoms with Gasteiger partial charge in [0.15, 0.2) is 23.0 Å². The van der Waals surface area contributed by atoms with E-state index < -0.39 is 5.66 Å². The average molecular weight is 457 g/mol. The van der Waals surface area contributed by atoms with E-state index in [9.17, 15) is 14.4 Å². The predicted octanol–water partition coefficient (Wildman–Crippen LogP) is 2.28. The molecule has 3 fully saturated rings. The molecule has 2 aromatic heterocycles. The minimum absolute atomic E-state index is 0.0287. The van der Waals surface area contributed by atoms with Crippen LogP contribution in [0.15, 0.2) is 52.8 Å². The summed E-state index contributed by atoms with van der Waals surface area (Å²) in [6.45, 7) is 1.88. The molecular formula is C24H23N7O3. The van der Waals surface area contributed by atoms with Crippen LogP contribution in [0.5, 0.6) is 0 Å². The summed E-state index contributed by atoms with van der Waals surface area (Å²) in [6, 6.07) is 6.76. The van der Waals surface area contributed by atoms with Crippen molar-refractivity contribution in [2.75, 3.05) is 11.9 Å². The van der Waals surface area contributed by atoms with Gasteiger partial charge in [0.2, 0.25) is 0 Å².